The van der Waals surface area contributed by atoms with Crippen molar-refractivity contribution in [2.24, 2.45) is 5.41 Å². The number of thiophene rings is 1. The minimum atomic E-state index is 0.0775. The molecule has 0 aliphatic carbocycles. The minimum absolute atomic E-state index is 0.0775. The van der Waals surface area contributed by atoms with Crippen molar-refractivity contribution in [1.29, 1.82) is 0 Å². The van der Waals surface area contributed by atoms with Crippen molar-refractivity contribution in [3.63, 3.8) is 0 Å². The molecule has 1 aliphatic heterocycles. The van der Waals surface area contributed by atoms with Gasteiger partial charge >= 0.3 is 0 Å². The van der Waals surface area contributed by atoms with Crippen molar-refractivity contribution >= 4 is 17.2 Å². The molecular formula is C17H23NO2S. The summed E-state index contributed by atoms with van der Waals surface area (Å²) in [5.74, 6) is 6.00. The first-order chi connectivity index (χ1) is 10.1. The number of carbonyl (C=O) groups excluding carboxylic acids is 1. The summed E-state index contributed by atoms with van der Waals surface area (Å²) in [7, 11) is 0. The molecule has 1 fully saturated rings. The third-order valence-electron chi connectivity index (χ3n) is 4.38. The lowest BCUT2D eigenvalue weighted by Crippen LogP contribution is -2.41. The Balaban J connectivity index is 1.97. The summed E-state index contributed by atoms with van der Waals surface area (Å²) in [5.41, 5.74) is 0.396. The van der Waals surface area contributed by atoms with Crippen LogP contribution in [0.2, 0.25) is 0 Å². The van der Waals surface area contributed by atoms with Crippen LogP contribution in [-0.4, -0.2) is 35.6 Å². The zero-order valence-corrected chi connectivity index (χ0v) is 13.6. The van der Waals surface area contributed by atoms with Gasteiger partial charge in [-0.2, -0.15) is 0 Å². The van der Waals surface area contributed by atoms with Crippen LogP contribution < -0.4 is 0 Å². The average molecular weight is 305 g/mol. The van der Waals surface area contributed by atoms with E-state index < -0.39 is 0 Å². The van der Waals surface area contributed by atoms with Gasteiger partial charge in [0, 0.05) is 19.5 Å². The molecule has 114 valence electrons. The second kappa shape index (κ2) is 7.11. The third-order valence-corrected chi connectivity index (χ3v) is 5.37. The monoisotopic (exact) mass is 305 g/mol. The summed E-state index contributed by atoms with van der Waals surface area (Å²) >= 11 is 1.44. The molecule has 2 heterocycles. The predicted octanol–water partition coefficient (Wildman–Crippen LogP) is 3.13. The Hall–Kier alpha value is -1.31. The number of aliphatic hydroxyl groups is 1. The van der Waals surface area contributed by atoms with Crippen LogP contribution in [0.5, 0.6) is 0 Å². The number of hydrogen-bond donors (Lipinski definition) is 1. The van der Waals surface area contributed by atoms with Crippen LogP contribution in [0.1, 0.15) is 54.1 Å². The summed E-state index contributed by atoms with van der Waals surface area (Å²) in [6.45, 7) is 6.33. The second-order valence-corrected chi connectivity index (χ2v) is 6.98. The Bertz CT molecular complexity index is 545. The van der Waals surface area contributed by atoms with E-state index in [-0.39, 0.29) is 12.5 Å². The summed E-state index contributed by atoms with van der Waals surface area (Å²) < 4.78 is 0. The van der Waals surface area contributed by atoms with Crippen LogP contribution in [0.3, 0.4) is 0 Å². The Kier molecular flexibility index (Phi) is 5.44. The van der Waals surface area contributed by atoms with Gasteiger partial charge in [-0.1, -0.05) is 32.1 Å². The molecule has 0 unspecified atom stereocenters. The van der Waals surface area contributed by atoms with Crippen LogP contribution in [0.15, 0.2) is 12.1 Å². The molecule has 1 saturated heterocycles. The van der Waals surface area contributed by atoms with Crippen molar-refractivity contribution in [2.45, 2.75) is 39.5 Å². The van der Waals surface area contributed by atoms with E-state index in [1.807, 2.05) is 17.0 Å². The lowest BCUT2D eigenvalue weighted by Gasteiger charge is -2.38. The number of rotatable bonds is 3. The zero-order valence-electron chi connectivity index (χ0n) is 12.8. The molecule has 1 aromatic rings. The molecule has 0 atom stereocenters. The highest BCUT2D eigenvalue weighted by Gasteiger charge is 2.30. The number of piperidine rings is 1. The molecule has 0 bridgehead atoms. The maximum absolute atomic E-state index is 12.5. The topological polar surface area (TPSA) is 40.5 Å². The van der Waals surface area contributed by atoms with E-state index in [2.05, 4.69) is 25.7 Å². The SMILES string of the molecule is CCC1(C)CCN(C(=O)c2ccc(C#CCCO)s2)CC1. The summed E-state index contributed by atoms with van der Waals surface area (Å²) in [4.78, 5) is 16.1. The molecule has 0 saturated carbocycles. The first-order valence-electron chi connectivity index (χ1n) is 7.57. The number of nitrogens with zero attached hydrogens (tertiary/aromatic N) is 1. The van der Waals surface area contributed by atoms with Crippen LogP contribution in [0, 0.1) is 17.3 Å². The lowest BCUT2D eigenvalue weighted by molar-refractivity contribution is 0.0605. The van der Waals surface area contributed by atoms with E-state index in [0.717, 1.165) is 35.7 Å². The van der Waals surface area contributed by atoms with E-state index in [0.29, 0.717) is 11.8 Å². The normalized spacial score (nSPS) is 17.2. The van der Waals surface area contributed by atoms with Crippen LogP contribution in [0.25, 0.3) is 0 Å². The van der Waals surface area contributed by atoms with E-state index in [1.54, 1.807) is 0 Å². The van der Waals surface area contributed by atoms with Gasteiger partial charge in [0.15, 0.2) is 0 Å². The number of hydrogen-bond acceptors (Lipinski definition) is 3. The summed E-state index contributed by atoms with van der Waals surface area (Å²) in [6, 6.07) is 3.76. The molecule has 1 amide bonds. The Morgan fingerprint density at radius 2 is 2.14 bits per heavy atom. The molecule has 0 spiro atoms. The quantitative estimate of drug-likeness (QED) is 0.872. The summed E-state index contributed by atoms with van der Waals surface area (Å²) in [6.07, 6.45) is 3.83. The zero-order chi connectivity index (χ0) is 15.3. The lowest BCUT2D eigenvalue weighted by atomic mass is 9.78. The van der Waals surface area contributed by atoms with Gasteiger partial charge in [-0.25, -0.2) is 0 Å². The molecule has 4 heteroatoms. The first kappa shape index (κ1) is 16.1. The van der Waals surface area contributed by atoms with Crippen molar-refractivity contribution < 1.29 is 9.90 Å². The standard InChI is InChI=1S/C17H23NO2S/c1-3-17(2)9-11-18(12-10-17)16(20)15-8-7-14(21-15)6-4-5-13-19/h7-8,19H,3,5,9-13H2,1-2H3. The van der Waals surface area contributed by atoms with Gasteiger partial charge in [-0.05, 0) is 30.4 Å². The Morgan fingerprint density at radius 1 is 1.43 bits per heavy atom. The van der Waals surface area contributed by atoms with E-state index in [9.17, 15) is 4.79 Å². The molecule has 1 aliphatic rings. The van der Waals surface area contributed by atoms with Gasteiger partial charge in [-0.15, -0.1) is 11.3 Å². The fraction of sp³-hybridized carbons (Fsp3) is 0.588. The summed E-state index contributed by atoms with van der Waals surface area (Å²) in [5, 5.41) is 8.71. The van der Waals surface area contributed by atoms with Crippen molar-refractivity contribution in [2.75, 3.05) is 19.7 Å². The highest BCUT2D eigenvalue weighted by atomic mass is 32.1. The molecule has 2 rings (SSSR count). The highest BCUT2D eigenvalue weighted by Crippen LogP contribution is 2.34. The van der Waals surface area contributed by atoms with Gasteiger partial charge in [0.25, 0.3) is 5.91 Å². The number of likely N-dealkylation sites (tertiary alicyclic amines) is 1. The molecule has 0 aromatic carbocycles. The maximum atomic E-state index is 12.5. The average Bonchev–Trinajstić information content (AvgIpc) is 2.96. The van der Waals surface area contributed by atoms with Crippen molar-refractivity contribution in [1.82, 2.24) is 4.90 Å². The van der Waals surface area contributed by atoms with Gasteiger partial charge in [0.2, 0.25) is 0 Å². The fourth-order valence-corrected chi connectivity index (χ4v) is 3.33. The Labute approximate surface area is 131 Å². The first-order valence-corrected chi connectivity index (χ1v) is 8.38. The van der Waals surface area contributed by atoms with Gasteiger partial charge in [0.05, 0.1) is 16.4 Å². The van der Waals surface area contributed by atoms with Gasteiger partial charge in [-0.3, -0.25) is 4.79 Å². The molecule has 3 nitrogen and oxygen atoms in total. The predicted molar refractivity (Wildman–Crippen MR) is 86.4 cm³/mol. The number of aliphatic hydroxyl groups excluding tert-OH is 1. The smallest absolute Gasteiger partial charge is 0.263 e. The largest absolute Gasteiger partial charge is 0.395 e. The van der Waals surface area contributed by atoms with Gasteiger partial charge < -0.3 is 10.0 Å². The van der Waals surface area contributed by atoms with E-state index in [4.69, 9.17) is 5.11 Å². The van der Waals surface area contributed by atoms with E-state index in [1.165, 1.54) is 17.8 Å². The highest BCUT2D eigenvalue weighted by molar-refractivity contribution is 7.14. The third kappa shape index (κ3) is 4.09. The van der Waals surface area contributed by atoms with Crippen LogP contribution in [-0.2, 0) is 0 Å². The van der Waals surface area contributed by atoms with E-state index >= 15 is 0 Å². The fourth-order valence-electron chi connectivity index (χ4n) is 2.48. The van der Waals surface area contributed by atoms with Gasteiger partial charge in [0.1, 0.15) is 0 Å². The van der Waals surface area contributed by atoms with Crippen molar-refractivity contribution in [3.8, 4) is 11.8 Å². The van der Waals surface area contributed by atoms with Crippen LogP contribution >= 0.6 is 11.3 Å². The maximum Gasteiger partial charge on any atom is 0.263 e. The Morgan fingerprint density at radius 3 is 2.76 bits per heavy atom. The second-order valence-electron chi connectivity index (χ2n) is 5.90. The number of amides is 1. The molecule has 1 N–H and O–H groups in total. The molecule has 21 heavy (non-hydrogen) atoms. The molecular weight excluding hydrogens is 282 g/mol. The minimum Gasteiger partial charge on any atom is -0.395 e. The van der Waals surface area contributed by atoms with Crippen LogP contribution in [0.4, 0.5) is 0 Å². The molecule has 0 radical (unpaired) electrons. The number of carbonyl (C=O) groups is 1. The molecule has 1 aromatic heterocycles. The van der Waals surface area contributed by atoms with Crippen molar-refractivity contribution in [3.05, 3.63) is 21.9 Å².